The van der Waals surface area contributed by atoms with Crippen LogP contribution in [0.3, 0.4) is 0 Å². The molecule has 1 aromatic rings. The zero-order chi connectivity index (χ0) is 17.0. The highest BCUT2D eigenvalue weighted by atomic mass is 32.2. The van der Waals surface area contributed by atoms with E-state index in [-0.39, 0.29) is 17.7 Å². The molecule has 10 heteroatoms. The SMILES string of the molecule is Cn1c(O)c(C=N[C@H](CC[S@@](C)=O)C(=O)O)c(=O)n(C)c1=O. The Bertz CT molecular complexity index is 748. The van der Waals surface area contributed by atoms with Gasteiger partial charge in [0.1, 0.15) is 11.6 Å². The lowest BCUT2D eigenvalue weighted by Gasteiger charge is -2.09. The first-order valence-electron chi connectivity index (χ1n) is 6.21. The second-order valence-electron chi connectivity index (χ2n) is 4.64. The fourth-order valence-corrected chi connectivity index (χ4v) is 2.23. The van der Waals surface area contributed by atoms with Crippen molar-refractivity contribution in [1.29, 1.82) is 0 Å². The number of rotatable bonds is 6. The second-order valence-corrected chi connectivity index (χ2v) is 6.20. The predicted molar refractivity (Wildman–Crippen MR) is 81.2 cm³/mol. The summed E-state index contributed by atoms with van der Waals surface area (Å²) in [7, 11) is 1.33. The summed E-state index contributed by atoms with van der Waals surface area (Å²) in [6.45, 7) is 0. The van der Waals surface area contributed by atoms with Crippen LogP contribution in [0.15, 0.2) is 14.6 Å². The summed E-state index contributed by atoms with van der Waals surface area (Å²) in [6, 6.07) is -1.19. The molecule has 2 N–H and O–H groups in total. The highest BCUT2D eigenvalue weighted by molar-refractivity contribution is 7.84. The largest absolute Gasteiger partial charge is 0.494 e. The van der Waals surface area contributed by atoms with Crippen LogP contribution in [0.5, 0.6) is 5.88 Å². The fraction of sp³-hybridized carbons (Fsp3) is 0.500. The molecule has 0 radical (unpaired) electrons. The van der Waals surface area contributed by atoms with Gasteiger partial charge in [-0.3, -0.25) is 23.1 Å². The predicted octanol–water partition coefficient (Wildman–Crippen LogP) is -1.57. The van der Waals surface area contributed by atoms with Crippen LogP contribution in [0.1, 0.15) is 12.0 Å². The second kappa shape index (κ2) is 7.16. The minimum Gasteiger partial charge on any atom is -0.494 e. The standard InChI is InChI=1S/C12H17N3O6S/c1-14-9(16)7(10(17)15(2)12(14)20)6-13-8(11(18)19)4-5-22(3)21/h6,8,16H,4-5H2,1-3H3,(H,18,19)/t8-,22-/m1/s1. The lowest BCUT2D eigenvalue weighted by atomic mass is 10.2. The highest BCUT2D eigenvalue weighted by Gasteiger charge is 2.18. The lowest BCUT2D eigenvalue weighted by Crippen LogP contribution is -2.38. The number of aromatic hydroxyl groups is 1. The minimum atomic E-state index is -1.23. The molecule has 122 valence electrons. The molecule has 0 aromatic carbocycles. The van der Waals surface area contributed by atoms with Crippen LogP contribution in [0, 0.1) is 0 Å². The average Bonchev–Trinajstić information content (AvgIpc) is 2.45. The molecule has 0 amide bonds. The Morgan fingerprint density at radius 3 is 2.45 bits per heavy atom. The number of aromatic nitrogens is 2. The number of carboxylic acids is 1. The molecular weight excluding hydrogens is 314 g/mol. The molecule has 2 atom stereocenters. The van der Waals surface area contributed by atoms with Gasteiger partial charge in [-0.2, -0.15) is 0 Å². The van der Waals surface area contributed by atoms with E-state index in [0.717, 1.165) is 15.3 Å². The summed E-state index contributed by atoms with van der Waals surface area (Å²) in [6.07, 6.45) is 2.40. The zero-order valence-corrected chi connectivity index (χ0v) is 13.2. The van der Waals surface area contributed by atoms with Crippen molar-refractivity contribution >= 4 is 23.0 Å². The van der Waals surface area contributed by atoms with Crippen LogP contribution in [0.2, 0.25) is 0 Å². The van der Waals surface area contributed by atoms with Crippen LogP contribution in [-0.4, -0.2) is 53.8 Å². The number of aliphatic carboxylic acids is 1. The summed E-state index contributed by atoms with van der Waals surface area (Å²) >= 11 is 0. The third-order valence-corrected chi connectivity index (χ3v) is 3.83. The third-order valence-electron chi connectivity index (χ3n) is 3.01. The molecule has 0 aliphatic rings. The van der Waals surface area contributed by atoms with Gasteiger partial charge in [0.2, 0.25) is 5.88 Å². The van der Waals surface area contributed by atoms with Crippen molar-refractivity contribution < 1.29 is 19.2 Å². The Hall–Kier alpha value is -2.23. The van der Waals surface area contributed by atoms with E-state index in [9.17, 15) is 23.7 Å². The number of carbonyl (C=O) groups is 1. The topological polar surface area (TPSA) is 131 Å². The average molecular weight is 331 g/mol. The summed E-state index contributed by atoms with van der Waals surface area (Å²) in [5, 5.41) is 18.9. The summed E-state index contributed by atoms with van der Waals surface area (Å²) in [4.78, 5) is 38.3. The summed E-state index contributed by atoms with van der Waals surface area (Å²) in [5.74, 6) is -1.69. The van der Waals surface area contributed by atoms with Crippen molar-refractivity contribution in [2.75, 3.05) is 12.0 Å². The van der Waals surface area contributed by atoms with Gasteiger partial charge in [0.05, 0.1) is 0 Å². The molecule has 1 rings (SSSR count). The van der Waals surface area contributed by atoms with E-state index >= 15 is 0 Å². The van der Waals surface area contributed by atoms with Crippen molar-refractivity contribution in [2.24, 2.45) is 19.1 Å². The van der Waals surface area contributed by atoms with E-state index in [2.05, 4.69) is 4.99 Å². The van der Waals surface area contributed by atoms with Crippen molar-refractivity contribution in [3.05, 3.63) is 26.4 Å². The maximum atomic E-state index is 11.9. The van der Waals surface area contributed by atoms with E-state index in [1.807, 2.05) is 0 Å². The highest BCUT2D eigenvalue weighted by Crippen LogP contribution is 2.07. The van der Waals surface area contributed by atoms with Gasteiger partial charge < -0.3 is 10.2 Å². The van der Waals surface area contributed by atoms with Crippen molar-refractivity contribution in [1.82, 2.24) is 9.13 Å². The lowest BCUT2D eigenvalue weighted by molar-refractivity contribution is -0.138. The molecule has 0 saturated carbocycles. The maximum Gasteiger partial charge on any atom is 0.333 e. The van der Waals surface area contributed by atoms with Gasteiger partial charge in [0.15, 0.2) is 0 Å². The van der Waals surface area contributed by atoms with E-state index in [4.69, 9.17) is 5.11 Å². The van der Waals surface area contributed by atoms with Gasteiger partial charge in [0, 0.05) is 43.1 Å². The Kier molecular flexibility index (Phi) is 5.80. The molecule has 1 heterocycles. The quantitative estimate of drug-likeness (QED) is 0.606. The molecule has 0 fully saturated rings. The first-order chi connectivity index (χ1) is 10.2. The molecule has 0 bridgehead atoms. The van der Waals surface area contributed by atoms with Gasteiger partial charge in [-0.05, 0) is 6.42 Å². The van der Waals surface area contributed by atoms with Crippen LogP contribution in [0.4, 0.5) is 0 Å². The maximum absolute atomic E-state index is 11.9. The monoisotopic (exact) mass is 331 g/mol. The smallest absolute Gasteiger partial charge is 0.333 e. The minimum absolute atomic E-state index is 0.0295. The van der Waals surface area contributed by atoms with Crippen molar-refractivity contribution in [2.45, 2.75) is 12.5 Å². The van der Waals surface area contributed by atoms with Gasteiger partial charge in [0.25, 0.3) is 5.56 Å². The van der Waals surface area contributed by atoms with Crippen molar-refractivity contribution in [3.8, 4) is 5.88 Å². The normalized spacial score (nSPS) is 14.1. The van der Waals surface area contributed by atoms with Gasteiger partial charge >= 0.3 is 11.7 Å². The number of hydrogen-bond acceptors (Lipinski definition) is 6. The third kappa shape index (κ3) is 3.91. The molecule has 0 spiro atoms. The number of nitrogens with zero attached hydrogens (tertiary/aromatic N) is 3. The Morgan fingerprint density at radius 1 is 1.36 bits per heavy atom. The molecule has 0 aliphatic carbocycles. The van der Waals surface area contributed by atoms with Crippen LogP contribution in [-0.2, 0) is 29.7 Å². The Labute approximate surface area is 128 Å². The molecule has 22 heavy (non-hydrogen) atoms. The molecule has 0 saturated heterocycles. The van der Waals surface area contributed by atoms with Gasteiger partial charge in [-0.1, -0.05) is 0 Å². The van der Waals surface area contributed by atoms with E-state index in [1.165, 1.54) is 20.4 Å². The molecular formula is C12H17N3O6S. The molecule has 1 aromatic heterocycles. The number of hydrogen-bond donors (Lipinski definition) is 2. The first kappa shape index (κ1) is 17.8. The Balaban J connectivity index is 3.22. The van der Waals surface area contributed by atoms with Gasteiger partial charge in [-0.15, -0.1) is 0 Å². The molecule has 9 nitrogen and oxygen atoms in total. The number of carboxylic acid groups (broad SMARTS) is 1. The molecule has 0 unspecified atom stereocenters. The Morgan fingerprint density at radius 2 is 1.95 bits per heavy atom. The van der Waals surface area contributed by atoms with E-state index < -0.39 is 39.9 Å². The zero-order valence-electron chi connectivity index (χ0n) is 12.3. The summed E-state index contributed by atoms with van der Waals surface area (Å²) < 4.78 is 12.6. The van der Waals surface area contributed by atoms with E-state index in [1.54, 1.807) is 0 Å². The summed E-state index contributed by atoms with van der Waals surface area (Å²) in [5.41, 5.74) is -1.78. The number of aliphatic imine (C=N–C) groups is 1. The van der Waals surface area contributed by atoms with Crippen LogP contribution < -0.4 is 11.2 Å². The van der Waals surface area contributed by atoms with Crippen LogP contribution in [0.25, 0.3) is 0 Å². The van der Waals surface area contributed by atoms with E-state index in [0.29, 0.717) is 0 Å². The van der Waals surface area contributed by atoms with Gasteiger partial charge in [-0.25, -0.2) is 9.59 Å². The van der Waals surface area contributed by atoms with Crippen LogP contribution >= 0.6 is 0 Å². The van der Waals surface area contributed by atoms with Crippen molar-refractivity contribution in [3.63, 3.8) is 0 Å². The fourth-order valence-electron chi connectivity index (χ4n) is 1.68. The molecule has 0 aliphatic heterocycles. The first-order valence-corrected chi connectivity index (χ1v) is 7.94.